The van der Waals surface area contributed by atoms with Gasteiger partial charge in [-0.25, -0.2) is 4.79 Å². The zero-order chi connectivity index (χ0) is 22.9. The van der Waals surface area contributed by atoms with Crippen molar-refractivity contribution in [2.24, 2.45) is 11.8 Å². The molecule has 2 heterocycles. The molecule has 1 fully saturated rings. The topological polar surface area (TPSA) is 121 Å². The van der Waals surface area contributed by atoms with Crippen LogP contribution in [0.25, 0.3) is 11.1 Å². The molecular formula is C21H26N2O7P+. The number of methoxy groups -OCH3 is 1. The predicted molar refractivity (Wildman–Crippen MR) is 116 cm³/mol. The molecule has 0 spiro atoms. The molecule has 1 N–H and O–H groups in total. The average molecular weight is 449 g/mol. The molecule has 1 aromatic carbocycles. The minimum absolute atomic E-state index is 0.0315. The maximum Gasteiger partial charge on any atom is 0.448 e. The van der Waals surface area contributed by atoms with Crippen LogP contribution in [0, 0.1) is 35.8 Å². The maximum atomic E-state index is 12.7. The normalized spacial score (nSPS) is 21.2. The highest BCUT2D eigenvalue weighted by Crippen LogP contribution is 2.61. The summed E-state index contributed by atoms with van der Waals surface area (Å²) in [4.78, 5) is 39.8. The number of ether oxygens (including phenoxy) is 1. The van der Waals surface area contributed by atoms with E-state index in [1.54, 1.807) is 19.9 Å². The number of nitrogens with zero attached hydrogens (tertiary/aromatic N) is 2. The van der Waals surface area contributed by atoms with Gasteiger partial charge in [-0.05, 0) is 25.8 Å². The first-order chi connectivity index (χ1) is 14.6. The summed E-state index contributed by atoms with van der Waals surface area (Å²) < 4.78 is 16.7. The lowest BCUT2D eigenvalue weighted by atomic mass is 9.96. The van der Waals surface area contributed by atoms with Gasteiger partial charge in [-0.2, -0.15) is 13.9 Å². The number of pyridine rings is 1. The summed E-state index contributed by atoms with van der Waals surface area (Å²) in [5.74, 6) is -0.344. The molecule has 10 heteroatoms. The van der Waals surface area contributed by atoms with Crippen molar-refractivity contribution in [1.82, 2.24) is 4.98 Å². The Labute approximate surface area is 181 Å². The van der Waals surface area contributed by atoms with Gasteiger partial charge in [-0.3, -0.25) is 15.1 Å². The number of para-hydroxylation sites is 1. The standard InChI is InChI=1S/C21H26N2O7P/c1-12(2)15-10-29-31(27,30-11-15)20-14(4)22-13(3)18(21(24)28-5)19(20)16-8-6-7-9-17(16)23(25)26/h6-9,12,15,27H,10-11H2,1-5H3/q+1. The third-order valence-corrected chi connectivity index (χ3v) is 7.55. The minimum atomic E-state index is -3.67. The molecule has 2 aromatic rings. The summed E-state index contributed by atoms with van der Waals surface area (Å²) in [6, 6.07) is 6.02. The highest BCUT2D eigenvalue weighted by molar-refractivity contribution is 7.69. The summed E-state index contributed by atoms with van der Waals surface area (Å²) in [7, 11) is -2.46. The van der Waals surface area contributed by atoms with Crippen LogP contribution in [0.3, 0.4) is 0 Å². The van der Waals surface area contributed by atoms with Crippen LogP contribution in [0.15, 0.2) is 24.3 Å². The van der Waals surface area contributed by atoms with E-state index in [0.29, 0.717) is 11.4 Å². The van der Waals surface area contributed by atoms with Gasteiger partial charge >= 0.3 is 13.9 Å². The highest BCUT2D eigenvalue weighted by atomic mass is 31.2. The van der Waals surface area contributed by atoms with Crippen molar-refractivity contribution in [2.75, 3.05) is 20.3 Å². The Morgan fingerprint density at radius 3 is 2.42 bits per heavy atom. The van der Waals surface area contributed by atoms with Gasteiger partial charge < -0.3 is 4.74 Å². The van der Waals surface area contributed by atoms with Gasteiger partial charge in [0.25, 0.3) is 5.69 Å². The average Bonchev–Trinajstić information content (AvgIpc) is 2.72. The molecule has 0 amide bonds. The van der Waals surface area contributed by atoms with Crippen LogP contribution in [0.4, 0.5) is 5.69 Å². The van der Waals surface area contributed by atoms with Crippen LogP contribution in [-0.2, 0) is 13.8 Å². The van der Waals surface area contributed by atoms with Crippen molar-refractivity contribution < 1.29 is 28.4 Å². The molecule has 3 rings (SSSR count). The fraction of sp³-hybridized carbons (Fsp3) is 0.429. The maximum absolute atomic E-state index is 12.7. The van der Waals surface area contributed by atoms with E-state index < -0.39 is 18.8 Å². The first-order valence-corrected chi connectivity index (χ1v) is 11.4. The SMILES string of the molecule is COC(=O)c1c(C)nc(C)c([P+]2(O)OCC(C(C)C)CO2)c1-c1ccccc1[N+](=O)[O-]. The van der Waals surface area contributed by atoms with Crippen molar-refractivity contribution >= 4 is 24.9 Å². The Bertz CT molecular complexity index is 1020. The zero-order valence-corrected chi connectivity index (χ0v) is 19.0. The summed E-state index contributed by atoms with van der Waals surface area (Å²) in [5, 5.41) is 11.9. The monoisotopic (exact) mass is 449 g/mol. The summed E-state index contributed by atoms with van der Waals surface area (Å²) in [5.41, 5.74) is 0.819. The first kappa shape index (κ1) is 23.2. The Balaban J connectivity index is 2.33. The molecule has 1 saturated heterocycles. The Morgan fingerprint density at radius 1 is 1.26 bits per heavy atom. The van der Waals surface area contributed by atoms with Gasteiger partial charge in [-0.1, -0.05) is 26.0 Å². The number of esters is 1. The van der Waals surface area contributed by atoms with Crippen molar-refractivity contribution in [3.05, 3.63) is 51.3 Å². The number of nitro groups is 1. The van der Waals surface area contributed by atoms with Crippen LogP contribution in [-0.4, -0.2) is 41.1 Å². The zero-order valence-electron chi connectivity index (χ0n) is 18.1. The van der Waals surface area contributed by atoms with E-state index in [1.165, 1.54) is 25.3 Å². The third kappa shape index (κ3) is 4.32. The van der Waals surface area contributed by atoms with Crippen molar-refractivity contribution in [3.8, 4) is 11.1 Å². The molecule has 0 radical (unpaired) electrons. The molecule has 9 nitrogen and oxygen atoms in total. The van der Waals surface area contributed by atoms with Crippen molar-refractivity contribution in [3.63, 3.8) is 0 Å². The number of benzene rings is 1. The second kappa shape index (κ2) is 8.96. The molecule has 1 aromatic heterocycles. The summed E-state index contributed by atoms with van der Waals surface area (Å²) >= 11 is 0. The smallest absolute Gasteiger partial charge is 0.448 e. The van der Waals surface area contributed by atoms with Gasteiger partial charge in [0.15, 0.2) is 0 Å². The van der Waals surface area contributed by atoms with Gasteiger partial charge in [0.05, 0.1) is 40.1 Å². The molecule has 0 atom stereocenters. The number of carbonyl (C=O) groups is 1. The summed E-state index contributed by atoms with van der Waals surface area (Å²) in [6.45, 7) is 7.86. The van der Waals surface area contributed by atoms with E-state index >= 15 is 0 Å². The van der Waals surface area contributed by atoms with E-state index in [2.05, 4.69) is 4.98 Å². The largest absolute Gasteiger partial charge is 0.465 e. The second-order valence-electron chi connectivity index (χ2n) is 7.76. The molecule has 0 aliphatic carbocycles. The number of aryl methyl sites for hydroxylation is 2. The van der Waals surface area contributed by atoms with Gasteiger partial charge in [0, 0.05) is 12.0 Å². The van der Waals surface area contributed by atoms with Crippen LogP contribution < -0.4 is 5.30 Å². The second-order valence-corrected chi connectivity index (χ2v) is 9.77. The van der Waals surface area contributed by atoms with E-state index in [4.69, 9.17) is 13.8 Å². The number of hydrogen-bond acceptors (Lipinski definition) is 8. The van der Waals surface area contributed by atoms with Crippen LogP contribution >= 0.6 is 7.94 Å². The lowest BCUT2D eigenvalue weighted by Gasteiger charge is -2.30. The fourth-order valence-electron chi connectivity index (χ4n) is 3.64. The first-order valence-electron chi connectivity index (χ1n) is 9.85. The minimum Gasteiger partial charge on any atom is -0.465 e. The Morgan fingerprint density at radius 2 is 1.87 bits per heavy atom. The number of aromatic nitrogens is 1. The van der Waals surface area contributed by atoms with E-state index in [9.17, 15) is 19.8 Å². The van der Waals surface area contributed by atoms with E-state index in [-0.39, 0.29) is 52.7 Å². The molecule has 166 valence electrons. The van der Waals surface area contributed by atoms with Crippen LogP contribution in [0.1, 0.15) is 35.6 Å². The molecular weight excluding hydrogens is 423 g/mol. The van der Waals surface area contributed by atoms with E-state index in [1.807, 2.05) is 13.8 Å². The highest BCUT2D eigenvalue weighted by Gasteiger charge is 2.54. The van der Waals surface area contributed by atoms with Crippen LogP contribution in [0.5, 0.6) is 0 Å². The molecule has 0 saturated carbocycles. The van der Waals surface area contributed by atoms with Gasteiger partial charge in [0.2, 0.25) is 5.30 Å². The third-order valence-electron chi connectivity index (χ3n) is 5.44. The number of carbonyl (C=O) groups excluding carboxylic acids is 1. The number of hydrogen-bond donors (Lipinski definition) is 1. The van der Waals surface area contributed by atoms with Crippen molar-refractivity contribution in [1.29, 1.82) is 0 Å². The predicted octanol–water partition coefficient (Wildman–Crippen LogP) is 3.76. The molecule has 0 bridgehead atoms. The lowest BCUT2D eigenvalue weighted by Crippen LogP contribution is -2.34. The molecule has 31 heavy (non-hydrogen) atoms. The Hall–Kier alpha value is -2.45. The fourth-order valence-corrected chi connectivity index (χ4v) is 5.73. The molecule has 0 unspecified atom stereocenters. The Kier molecular flexibility index (Phi) is 6.71. The summed E-state index contributed by atoms with van der Waals surface area (Å²) in [6.07, 6.45) is 0. The molecule has 1 aliphatic rings. The molecule has 1 aliphatic heterocycles. The van der Waals surface area contributed by atoms with Crippen LogP contribution in [0.2, 0.25) is 0 Å². The van der Waals surface area contributed by atoms with Gasteiger partial charge in [-0.15, -0.1) is 0 Å². The quantitative estimate of drug-likeness (QED) is 0.317. The number of rotatable bonds is 5. The van der Waals surface area contributed by atoms with Gasteiger partial charge in [0.1, 0.15) is 13.2 Å². The lowest BCUT2D eigenvalue weighted by molar-refractivity contribution is -0.384. The number of nitro benzene ring substituents is 1. The van der Waals surface area contributed by atoms with E-state index in [0.717, 1.165) is 0 Å². The van der Waals surface area contributed by atoms with Crippen molar-refractivity contribution in [2.45, 2.75) is 27.7 Å².